The predicted octanol–water partition coefficient (Wildman–Crippen LogP) is 1.86. The molecular formula is C15H19FN2O2. The van der Waals surface area contributed by atoms with Gasteiger partial charge in [0.1, 0.15) is 5.82 Å². The van der Waals surface area contributed by atoms with Gasteiger partial charge in [0.15, 0.2) is 0 Å². The minimum atomic E-state index is -0.470. The molecular weight excluding hydrogens is 259 g/mol. The number of nitrogens with one attached hydrogen (secondary N) is 2. The topological polar surface area (TPSA) is 58.2 Å². The maximum atomic E-state index is 13.0. The molecule has 0 bridgehead atoms. The van der Waals surface area contributed by atoms with Gasteiger partial charge in [-0.15, -0.1) is 0 Å². The largest absolute Gasteiger partial charge is 0.352 e. The molecule has 4 nitrogen and oxygen atoms in total. The van der Waals surface area contributed by atoms with Crippen LogP contribution in [0, 0.1) is 11.7 Å². The Morgan fingerprint density at radius 2 is 2.15 bits per heavy atom. The van der Waals surface area contributed by atoms with Gasteiger partial charge in [-0.2, -0.15) is 0 Å². The second kappa shape index (κ2) is 6.50. The van der Waals surface area contributed by atoms with Gasteiger partial charge in [0.05, 0.1) is 6.54 Å². The number of rotatable bonds is 4. The van der Waals surface area contributed by atoms with Crippen LogP contribution in [-0.2, 0) is 4.79 Å². The Morgan fingerprint density at radius 1 is 1.35 bits per heavy atom. The van der Waals surface area contributed by atoms with Gasteiger partial charge in [0, 0.05) is 11.6 Å². The van der Waals surface area contributed by atoms with Crippen molar-refractivity contribution in [2.45, 2.75) is 32.2 Å². The number of hydrogen-bond acceptors (Lipinski definition) is 2. The third-order valence-corrected chi connectivity index (χ3v) is 3.56. The van der Waals surface area contributed by atoms with Crippen molar-refractivity contribution in [3.63, 3.8) is 0 Å². The molecule has 1 aliphatic carbocycles. The van der Waals surface area contributed by atoms with Gasteiger partial charge in [0.2, 0.25) is 5.91 Å². The van der Waals surface area contributed by atoms with Crippen LogP contribution in [-0.4, -0.2) is 24.4 Å². The van der Waals surface area contributed by atoms with E-state index in [0.717, 1.165) is 25.3 Å². The SMILES string of the molecule is CC1CCC(NC(=O)CNC(=O)c2cccc(F)c2)C1. The van der Waals surface area contributed by atoms with E-state index in [2.05, 4.69) is 17.6 Å². The summed E-state index contributed by atoms with van der Waals surface area (Å²) >= 11 is 0. The summed E-state index contributed by atoms with van der Waals surface area (Å²) in [6.07, 6.45) is 3.11. The Morgan fingerprint density at radius 3 is 2.80 bits per heavy atom. The molecule has 2 unspecified atom stereocenters. The van der Waals surface area contributed by atoms with Crippen LogP contribution in [0.2, 0.25) is 0 Å². The van der Waals surface area contributed by atoms with Gasteiger partial charge >= 0.3 is 0 Å². The van der Waals surface area contributed by atoms with Gasteiger partial charge in [-0.25, -0.2) is 4.39 Å². The van der Waals surface area contributed by atoms with Gasteiger partial charge in [-0.1, -0.05) is 13.0 Å². The average Bonchev–Trinajstić information content (AvgIpc) is 2.81. The molecule has 1 aromatic rings. The van der Waals surface area contributed by atoms with Crippen LogP contribution >= 0.6 is 0 Å². The van der Waals surface area contributed by atoms with Crippen LogP contribution in [0.15, 0.2) is 24.3 Å². The third kappa shape index (κ3) is 4.05. The lowest BCUT2D eigenvalue weighted by Crippen LogP contribution is -2.41. The maximum absolute atomic E-state index is 13.0. The Bertz CT molecular complexity index is 504. The summed E-state index contributed by atoms with van der Waals surface area (Å²) < 4.78 is 13.0. The number of hydrogen-bond donors (Lipinski definition) is 2. The Balaban J connectivity index is 1.77. The number of carbonyl (C=O) groups is 2. The van der Waals surface area contributed by atoms with E-state index >= 15 is 0 Å². The first kappa shape index (κ1) is 14.5. The summed E-state index contributed by atoms with van der Waals surface area (Å²) in [5, 5.41) is 5.39. The lowest BCUT2D eigenvalue weighted by molar-refractivity contribution is -0.120. The Labute approximate surface area is 117 Å². The van der Waals surface area contributed by atoms with Crippen molar-refractivity contribution in [2.75, 3.05) is 6.54 Å². The molecule has 2 rings (SSSR count). The molecule has 0 saturated heterocycles. The van der Waals surface area contributed by atoms with E-state index in [1.807, 2.05) is 0 Å². The molecule has 0 heterocycles. The highest BCUT2D eigenvalue weighted by Crippen LogP contribution is 2.24. The monoisotopic (exact) mass is 278 g/mol. The van der Waals surface area contributed by atoms with E-state index in [0.29, 0.717) is 5.92 Å². The molecule has 5 heteroatoms. The first-order chi connectivity index (χ1) is 9.54. The van der Waals surface area contributed by atoms with Crippen LogP contribution in [0.5, 0.6) is 0 Å². The van der Waals surface area contributed by atoms with E-state index in [1.54, 1.807) is 0 Å². The maximum Gasteiger partial charge on any atom is 0.251 e. The van der Waals surface area contributed by atoms with Crippen molar-refractivity contribution in [1.82, 2.24) is 10.6 Å². The summed E-state index contributed by atoms with van der Waals surface area (Å²) in [5.41, 5.74) is 0.215. The summed E-state index contributed by atoms with van der Waals surface area (Å²) in [6.45, 7) is 2.08. The van der Waals surface area contributed by atoms with Crippen LogP contribution in [0.25, 0.3) is 0 Å². The molecule has 0 spiro atoms. The second-order valence-corrected chi connectivity index (χ2v) is 5.38. The molecule has 108 valence electrons. The number of amides is 2. The molecule has 1 fully saturated rings. The standard InChI is InChI=1S/C15H19FN2O2/c1-10-5-6-13(7-10)18-14(19)9-17-15(20)11-3-2-4-12(16)8-11/h2-4,8,10,13H,5-7,9H2,1H3,(H,17,20)(H,18,19). The minimum absolute atomic E-state index is 0.0831. The average molecular weight is 278 g/mol. The number of benzene rings is 1. The highest BCUT2D eigenvalue weighted by Gasteiger charge is 2.22. The van der Waals surface area contributed by atoms with Gasteiger partial charge in [0.25, 0.3) is 5.91 Å². The normalized spacial score (nSPS) is 21.5. The lowest BCUT2D eigenvalue weighted by Gasteiger charge is -2.12. The third-order valence-electron chi connectivity index (χ3n) is 3.56. The van der Waals surface area contributed by atoms with Crippen LogP contribution in [0.3, 0.4) is 0 Å². The van der Waals surface area contributed by atoms with Crippen molar-refractivity contribution in [3.8, 4) is 0 Å². The van der Waals surface area contributed by atoms with Gasteiger partial charge in [-0.05, 0) is 43.4 Å². The van der Waals surface area contributed by atoms with Gasteiger partial charge < -0.3 is 10.6 Å². The van der Waals surface area contributed by atoms with Crippen LogP contribution < -0.4 is 10.6 Å². The van der Waals surface area contributed by atoms with Crippen molar-refractivity contribution in [2.24, 2.45) is 5.92 Å². The minimum Gasteiger partial charge on any atom is -0.352 e. The zero-order valence-corrected chi connectivity index (χ0v) is 11.5. The molecule has 20 heavy (non-hydrogen) atoms. The number of halogens is 1. The fourth-order valence-electron chi connectivity index (χ4n) is 2.51. The summed E-state index contributed by atoms with van der Waals surface area (Å²) in [6, 6.07) is 5.60. The zero-order chi connectivity index (χ0) is 14.5. The smallest absolute Gasteiger partial charge is 0.251 e. The van der Waals surface area contributed by atoms with Crippen molar-refractivity contribution < 1.29 is 14.0 Å². The summed E-state index contributed by atoms with van der Waals surface area (Å²) in [7, 11) is 0. The highest BCUT2D eigenvalue weighted by atomic mass is 19.1. The first-order valence-corrected chi connectivity index (χ1v) is 6.87. The Kier molecular flexibility index (Phi) is 4.71. The predicted molar refractivity (Wildman–Crippen MR) is 73.7 cm³/mol. The number of carbonyl (C=O) groups excluding carboxylic acids is 2. The van der Waals surface area contributed by atoms with Crippen molar-refractivity contribution in [3.05, 3.63) is 35.6 Å². The molecule has 1 saturated carbocycles. The molecule has 0 aromatic heterocycles. The van der Waals surface area contributed by atoms with E-state index in [9.17, 15) is 14.0 Å². The quantitative estimate of drug-likeness (QED) is 0.883. The van der Waals surface area contributed by atoms with E-state index < -0.39 is 11.7 Å². The molecule has 2 amide bonds. The lowest BCUT2D eigenvalue weighted by atomic mass is 10.1. The van der Waals surface area contributed by atoms with E-state index in [1.165, 1.54) is 18.2 Å². The molecule has 2 N–H and O–H groups in total. The zero-order valence-electron chi connectivity index (χ0n) is 11.5. The first-order valence-electron chi connectivity index (χ1n) is 6.87. The summed E-state index contributed by atoms with van der Waals surface area (Å²) in [5.74, 6) is -0.475. The molecule has 1 aromatic carbocycles. The van der Waals surface area contributed by atoms with Crippen molar-refractivity contribution in [1.29, 1.82) is 0 Å². The Hall–Kier alpha value is -1.91. The molecule has 0 aliphatic heterocycles. The van der Waals surface area contributed by atoms with Crippen LogP contribution in [0.4, 0.5) is 4.39 Å². The molecule has 2 atom stereocenters. The molecule has 0 radical (unpaired) electrons. The fourth-order valence-corrected chi connectivity index (χ4v) is 2.51. The second-order valence-electron chi connectivity index (χ2n) is 5.38. The van der Waals surface area contributed by atoms with E-state index in [-0.39, 0.29) is 24.1 Å². The highest BCUT2D eigenvalue weighted by molar-refractivity contribution is 5.96. The summed E-state index contributed by atoms with van der Waals surface area (Å²) in [4.78, 5) is 23.4. The van der Waals surface area contributed by atoms with Crippen LogP contribution in [0.1, 0.15) is 36.5 Å². The fraction of sp³-hybridized carbons (Fsp3) is 0.467. The van der Waals surface area contributed by atoms with Gasteiger partial charge in [-0.3, -0.25) is 9.59 Å². The molecule has 1 aliphatic rings. The van der Waals surface area contributed by atoms with Crippen molar-refractivity contribution >= 4 is 11.8 Å². The van der Waals surface area contributed by atoms with E-state index in [4.69, 9.17) is 0 Å².